The smallest absolute Gasteiger partial charge is 0.242 e. The summed E-state index contributed by atoms with van der Waals surface area (Å²) in [5, 5.41) is 2.97. The number of amides is 2. The van der Waals surface area contributed by atoms with Crippen molar-refractivity contribution in [2.24, 2.45) is 0 Å². The molecular weight excluding hydrogens is 282 g/mol. The lowest BCUT2D eigenvalue weighted by Crippen LogP contribution is -2.40. The van der Waals surface area contributed by atoms with Crippen molar-refractivity contribution in [2.75, 3.05) is 32.0 Å². The van der Waals surface area contributed by atoms with Gasteiger partial charge in [-0.3, -0.25) is 14.6 Å². The van der Waals surface area contributed by atoms with Gasteiger partial charge >= 0.3 is 0 Å². The van der Waals surface area contributed by atoms with Crippen LogP contribution < -0.4 is 5.32 Å². The number of carbonyl (C=O) groups is 2. The number of hydrogen-bond acceptors (Lipinski definition) is 5. The van der Waals surface area contributed by atoms with E-state index in [0.29, 0.717) is 18.8 Å². The predicted octanol–water partition coefficient (Wildman–Crippen LogP) is 0.804. The summed E-state index contributed by atoms with van der Waals surface area (Å²) in [5.74, 6) is 0.794. The van der Waals surface area contributed by atoms with Crippen molar-refractivity contribution in [1.82, 2.24) is 19.8 Å². The third kappa shape index (κ3) is 2.88. The fourth-order valence-electron chi connectivity index (χ4n) is 3.16. The van der Waals surface area contributed by atoms with Crippen LogP contribution in [0.3, 0.4) is 0 Å². The van der Waals surface area contributed by atoms with E-state index in [4.69, 9.17) is 0 Å². The van der Waals surface area contributed by atoms with E-state index in [0.717, 1.165) is 31.5 Å². The molecule has 3 heterocycles. The Morgan fingerprint density at radius 2 is 2.23 bits per heavy atom. The summed E-state index contributed by atoms with van der Waals surface area (Å²) in [6.07, 6.45) is 6.64. The number of anilines is 1. The first-order valence-electron chi connectivity index (χ1n) is 7.76. The van der Waals surface area contributed by atoms with E-state index in [-0.39, 0.29) is 24.4 Å². The van der Waals surface area contributed by atoms with Gasteiger partial charge in [-0.2, -0.15) is 0 Å². The largest absolute Gasteiger partial charge is 0.372 e. The fraction of sp³-hybridized carbons (Fsp3) is 0.600. The Morgan fingerprint density at radius 1 is 1.36 bits per heavy atom. The highest BCUT2D eigenvalue weighted by atomic mass is 16.2. The van der Waals surface area contributed by atoms with Gasteiger partial charge in [-0.25, -0.2) is 4.98 Å². The molecule has 2 saturated heterocycles. The second-order valence-electron chi connectivity index (χ2n) is 5.74. The minimum absolute atomic E-state index is 0.00871. The fourth-order valence-corrected chi connectivity index (χ4v) is 3.16. The molecule has 1 atom stereocenters. The first-order valence-corrected chi connectivity index (χ1v) is 7.76. The molecule has 0 saturated carbocycles. The third-order valence-electron chi connectivity index (χ3n) is 4.32. The SMILES string of the molecule is CNc1cncc(C2CCCN2C(=O)CN2CCCC2=O)n1. The van der Waals surface area contributed by atoms with Gasteiger partial charge in [0.2, 0.25) is 11.8 Å². The zero-order chi connectivity index (χ0) is 15.5. The van der Waals surface area contributed by atoms with Crippen LogP contribution in [0.4, 0.5) is 5.82 Å². The molecule has 0 aromatic carbocycles. The Labute approximate surface area is 129 Å². The Balaban J connectivity index is 1.72. The van der Waals surface area contributed by atoms with Crippen molar-refractivity contribution in [1.29, 1.82) is 0 Å². The molecule has 1 N–H and O–H groups in total. The number of carbonyl (C=O) groups excluding carboxylic acids is 2. The molecule has 0 aliphatic carbocycles. The minimum Gasteiger partial charge on any atom is -0.372 e. The summed E-state index contributed by atoms with van der Waals surface area (Å²) < 4.78 is 0. The molecule has 0 radical (unpaired) electrons. The quantitative estimate of drug-likeness (QED) is 0.890. The predicted molar refractivity (Wildman–Crippen MR) is 81.1 cm³/mol. The molecule has 2 aliphatic rings. The van der Waals surface area contributed by atoms with Gasteiger partial charge < -0.3 is 15.1 Å². The van der Waals surface area contributed by atoms with Crippen LogP contribution in [0.15, 0.2) is 12.4 Å². The van der Waals surface area contributed by atoms with Crippen molar-refractivity contribution in [3.8, 4) is 0 Å². The Hall–Kier alpha value is -2.18. The maximum Gasteiger partial charge on any atom is 0.242 e. The molecule has 2 fully saturated rings. The topological polar surface area (TPSA) is 78.4 Å². The second kappa shape index (κ2) is 6.29. The zero-order valence-electron chi connectivity index (χ0n) is 12.8. The molecule has 7 nitrogen and oxygen atoms in total. The molecule has 22 heavy (non-hydrogen) atoms. The normalized spacial score (nSPS) is 21.5. The highest BCUT2D eigenvalue weighted by molar-refractivity contribution is 5.86. The highest BCUT2D eigenvalue weighted by Crippen LogP contribution is 2.31. The molecule has 2 aliphatic heterocycles. The second-order valence-corrected chi connectivity index (χ2v) is 5.74. The van der Waals surface area contributed by atoms with Gasteiger partial charge in [0.15, 0.2) is 0 Å². The molecule has 1 aromatic rings. The van der Waals surface area contributed by atoms with Gasteiger partial charge in [-0.1, -0.05) is 0 Å². The van der Waals surface area contributed by atoms with Crippen LogP contribution in [0.2, 0.25) is 0 Å². The summed E-state index contributed by atoms with van der Waals surface area (Å²) in [6.45, 7) is 1.60. The maximum atomic E-state index is 12.6. The molecule has 7 heteroatoms. The average molecular weight is 303 g/mol. The Kier molecular flexibility index (Phi) is 4.22. The maximum absolute atomic E-state index is 12.6. The van der Waals surface area contributed by atoms with Crippen molar-refractivity contribution in [3.05, 3.63) is 18.1 Å². The van der Waals surface area contributed by atoms with Crippen LogP contribution in [0, 0.1) is 0 Å². The van der Waals surface area contributed by atoms with Gasteiger partial charge in [-0.05, 0) is 19.3 Å². The van der Waals surface area contributed by atoms with E-state index in [1.54, 1.807) is 24.3 Å². The molecule has 1 unspecified atom stereocenters. The van der Waals surface area contributed by atoms with E-state index in [1.165, 1.54) is 0 Å². The van der Waals surface area contributed by atoms with Gasteiger partial charge in [0.05, 0.1) is 30.7 Å². The lowest BCUT2D eigenvalue weighted by atomic mass is 10.1. The van der Waals surface area contributed by atoms with Gasteiger partial charge in [-0.15, -0.1) is 0 Å². The first kappa shape index (κ1) is 14.7. The summed E-state index contributed by atoms with van der Waals surface area (Å²) >= 11 is 0. The summed E-state index contributed by atoms with van der Waals surface area (Å²) in [5.41, 5.74) is 0.811. The van der Waals surface area contributed by atoms with E-state index in [2.05, 4.69) is 15.3 Å². The summed E-state index contributed by atoms with van der Waals surface area (Å²) in [6, 6.07) is -0.0361. The zero-order valence-corrected chi connectivity index (χ0v) is 12.8. The van der Waals surface area contributed by atoms with Crippen LogP contribution in [-0.4, -0.2) is 58.3 Å². The Bertz CT molecular complexity index is 577. The Morgan fingerprint density at radius 3 is 2.95 bits per heavy atom. The minimum atomic E-state index is -0.0361. The van der Waals surface area contributed by atoms with E-state index in [9.17, 15) is 9.59 Å². The van der Waals surface area contributed by atoms with Crippen molar-refractivity contribution < 1.29 is 9.59 Å². The molecule has 0 spiro atoms. The average Bonchev–Trinajstić information content (AvgIpc) is 3.17. The van der Waals surface area contributed by atoms with E-state index >= 15 is 0 Å². The molecule has 118 valence electrons. The van der Waals surface area contributed by atoms with Crippen LogP contribution in [0.5, 0.6) is 0 Å². The summed E-state index contributed by atoms with van der Waals surface area (Å²) in [4.78, 5) is 36.4. The van der Waals surface area contributed by atoms with Crippen LogP contribution >= 0.6 is 0 Å². The van der Waals surface area contributed by atoms with Crippen molar-refractivity contribution in [2.45, 2.75) is 31.7 Å². The lowest BCUT2D eigenvalue weighted by molar-refractivity contribution is -0.139. The molecule has 1 aromatic heterocycles. The first-order chi connectivity index (χ1) is 10.7. The monoisotopic (exact) mass is 303 g/mol. The molecular formula is C15H21N5O2. The number of nitrogens with one attached hydrogen (secondary N) is 1. The van der Waals surface area contributed by atoms with Crippen molar-refractivity contribution >= 4 is 17.6 Å². The van der Waals surface area contributed by atoms with Crippen LogP contribution in [0.25, 0.3) is 0 Å². The van der Waals surface area contributed by atoms with Gasteiger partial charge in [0.1, 0.15) is 5.82 Å². The van der Waals surface area contributed by atoms with E-state index in [1.807, 2.05) is 4.90 Å². The van der Waals surface area contributed by atoms with Gasteiger partial charge in [0.25, 0.3) is 0 Å². The van der Waals surface area contributed by atoms with E-state index < -0.39 is 0 Å². The molecule has 3 rings (SSSR count). The number of hydrogen-bond donors (Lipinski definition) is 1. The third-order valence-corrected chi connectivity index (χ3v) is 4.32. The van der Waals surface area contributed by atoms with Crippen LogP contribution in [-0.2, 0) is 9.59 Å². The number of aromatic nitrogens is 2. The van der Waals surface area contributed by atoms with Gasteiger partial charge in [0, 0.05) is 26.6 Å². The van der Waals surface area contributed by atoms with Crippen LogP contribution in [0.1, 0.15) is 37.4 Å². The number of nitrogens with zero attached hydrogens (tertiary/aromatic N) is 4. The standard InChI is InChI=1S/C15H21N5O2/c1-16-13-9-17-8-11(18-13)12-4-2-7-20(12)15(22)10-19-6-3-5-14(19)21/h8-9,12H,2-7,10H2,1H3,(H,16,18). The number of likely N-dealkylation sites (tertiary alicyclic amines) is 2. The number of rotatable bonds is 4. The highest BCUT2D eigenvalue weighted by Gasteiger charge is 2.33. The molecule has 2 amide bonds. The molecule has 0 bridgehead atoms. The summed E-state index contributed by atoms with van der Waals surface area (Å²) in [7, 11) is 1.80. The lowest BCUT2D eigenvalue weighted by Gasteiger charge is -2.26. The van der Waals surface area contributed by atoms with Crippen molar-refractivity contribution in [3.63, 3.8) is 0 Å².